The highest BCUT2D eigenvalue weighted by Crippen LogP contribution is 2.46. The van der Waals surface area contributed by atoms with E-state index in [9.17, 15) is 5.53 Å². The molecule has 0 radical (unpaired) electrons. The molecule has 2 nitrogen and oxygen atoms in total. The molecule has 49 heavy (non-hydrogen) atoms. The van der Waals surface area contributed by atoms with Crippen molar-refractivity contribution in [2.45, 2.75) is 203 Å². The van der Waals surface area contributed by atoms with Crippen LogP contribution in [0, 0.1) is 20.8 Å². The van der Waals surface area contributed by atoms with Gasteiger partial charge in [0.25, 0.3) is 0 Å². The summed E-state index contributed by atoms with van der Waals surface area (Å²) in [7, 11) is 0. The number of allylic oxidation sites excluding steroid dienone is 2. The molecule has 2 aromatic carbocycles. The summed E-state index contributed by atoms with van der Waals surface area (Å²) in [6.07, 6.45) is 28.3. The summed E-state index contributed by atoms with van der Waals surface area (Å²) in [6.45, 7) is 18.2. The molecule has 0 spiro atoms. The first-order chi connectivity index (χ1) is 23.8. The van der Waals surface area contributed by atoms with E-state index in [0.717, 1.165) is 49.9 Å². The zero-order chi connectivity index (χ0) is 35.6. The Morgan fingerprint density at radius 3 is 1.22 bits per heavy atom. The molecule has 2 aromatic rings. The van der Waals surface area contributed by atoms with E-state index < -0.39 is 0 Å². The van der Waals surface area contributed by atoms with Crippen molar-refractivity contribution in [1.29, 1.82) is 0 Å². The van der Waals surface area contributed by atoms with E-state index in [2.05, 4.69) is 79.7 Å². The summed E-state index contributed by atoms with van der Waals surface area (Å²) >= 11 is 0. The van der Waals surface area contributed by atoms with Crippen LogP contribution in [0.15, 0.2) is 35.4 Å². The first-order valence-corrected chi connectivity index (χ1v) is 21.0. The highest BCUT2D eigenvalue weighted by molar-refractivity contribution is 5.83. The van der Waals surface area contributed by atoms with Crippen LogP contribution in [0.3, 0.4) is 0 Å². The summed E-state index contributed by atoms with van der Waals surface area (Å²) < 4.78 is 1.65. The van der Waals surface area contributed by atoms with E-state index in [1.165, 1.54) is 148 Å². The predicted molar refractivity (Wildman–Crippen MR) is 216 cm³/mol. The second-order valence-electron chi connectivity index (χ2n) is 15.3. The molecule has 1 aliphatic rings. The quantitative estimate of drug-likeness (QED) is 0.0744. The van der Waals surface area contributed by atoms with E-state index in [-0.39, 0.29) is 0 Å². The lowest BCUT2D eigenvalue weighted by Crippen LogP contribution is -2.08. The first-order valence-electron chi connectivity index (χ1n) is 21.0. The molecule has 0 saturated heterocycles. The molecule has 0 bridgehead atoms. The van der Waals surface area contributed by atoms with Crippen molar-refractivity contribution in [3.8, 4) is 0 Å². The van der Waals surface area contributed by atoms with Gasteiger partial charge in [0.1, 0.15) is 0 Å². The van der Waals surface area contributed by atoms with E-state index in [4.69, 9.17) is 0 Å². The molecular formula is C47H74N2. The Labute approximate surface area is 303 Å². The van der Waals surface area contributed by atoms with E-state index in [1.807, 2.05) is 0 Å². The summed E-state index contributed by atoms with van der Waals surface area (Å²) in [5.74, 6) is 0. The normalized spacial score (nSPS) is 13.4. The maximum absolute atomic E-state index is 12.5. The minimum absolute atomic E-state index is 1.02. The fourth-order valence-electron chi connectivity index (χ4n) is 7.95. The van der Waals surface area contributed by atoms with Gasteiger partial charge in [-0.15, -0.1) is 0 Å². The third-order valence-electron chi connectivity index (χ3n) is 11.2. The predicted octanol–water partition coefficient (Wildman–Crippen LogP) is 15.3. The maximum Gasteiger partial charge on any atom is 0.211 e. The number of rotatable bonds is 25. The monoisotopic (exact) mass is 667 g/mol. The molecular weight excluding hydrogens is 593 g/mol. The third-order valence-corrected chi connectivity index (χ3v) is 11.2. The summed E-state index contributed by atoms with van der Waals surface area (Å²) in [5, 5.41) is 0. The molecule has 0 unspecified atom stereocenters. The molecule has 0 amide bonds. The second kappa shape index (κ2) is 22.4. The molecule has 0 atom stereocenters. The Hall–Kier alpha value is -2.48. The smallest absolute Gasteiger partial charge is 0.211 e. The average Bonchev–Trinajstić information content (AvgIpc) is 3.37. The van der Waals surface area contributed by atoms with Gasteiger partial charge < -0.3 is 5.53 Å². The third kappa shape index (κ3) is 11.8. The lowest BCUT2D eigenvalue weighted by atomic mass is 9.86. The Morgan fingerprint density at radius 1 is 0.429 bits per heavy atom. The summed E-state index contributed by atoms with van der Waals surface area (Å²) in [6, 6.07) is 9.71. The first kappa shape index (κ1) is 40.9. The van der Waals surface area contributed by atoms with Crippen LogP contribution in [0.25, 0.3) is 16.9 Å². The van der Waals surface area contributed by atoms with E-state index in [0.29, 0.717) is 0 Å². The van der Waals surface area contributed by atoms with Crippen LogP contribution >= 0.6 is 0 Å². The van der Waals surface area contributed by atoms with Crippen LogP contribution in [0.4, 0.5) is 0 Å². The minimum Gasteiger partial charge on any atom is -0.493 e. The standard InChI is InChI=1S/C47H74N2/c1-9-14-19-23-27-39-34-42(35-40(28-24-20-15-10-2)43(39)30-25-21-16-11-3)47-45(31-26-22-17-12-4)44(29-18-13-5)46(49(47)48)41-32-36(6)38(8)37(7)33-41/h32-35H,9-31H2,1-8H3. The molecule has 0 saturated carbocycles. The van der Waals surface area contributed by atoms with Gasteiger partial charge in [0, 0.05) is 22.3 Å². The summed E-state index contributed by atoms with van der Waals surface area (Å²) in [5.41, 5.74) is 28.6. The Kier molecular flexibility index (Phi) is 18.7. The molecule has 0 fully saturated rings. The molecule has 0 aromatic heterocycles. The molecule has 272 valence electrons. The van der Waals surface area contributed by atoms with E-state index in [1.54, 1.807) is 21.4 Å². The number of hydrogen-bond donors (Lipinski definition) is 0. The van der Waals surface area contributed by atoms with Gasteiger partial charge in [-0.3, -0.25) is 0 Å². The van der Waals surface area contributed by atoms with Crippen molar-refractivity contribution in [2.24, 2.45) is 0 Å². The molecule has 3 rings (SSSR count). The van der Waals surface area contributed by atoms with E-state index >= 15 is 0 Å². The topological polar surface area (TPSA) is 25.3 Å². The minimum atomic E-state index is 1.02. The van der Waals surface area contributed by atoms with Crippen LogP contribution in [0.5, 0.6) is 0 Å². The van der Waals surface area contributed by atoms with Gasteiger partial charge in [0.2, 0.25) is 11.4 Å². The zero-order valence-electron chi connectivity index (χ0n) is 33.5. The van der Waals surface area contributed by atoms with Crippen LogP contribution in [0.1, 0.15) is 208 Å². The van der Waals surface area contributed by atoms with Gasteiger partial charge >= 0.3 is 0 Å². The van der Waals surface area contributed by atoms with Crippen molar-refractivity contribution in [3.05, 3.63) is 85.5 Å². The number of aryl methyl sites for hydroxylation is 4. The number of nitrogens with zero attached hydrogens (tertiary/aromatic N) is 2. The number of benzene rings is 2. The van der Waals surface area contributed by atoms with Gasteiger partial charge in [0.05, 0.1) is 0 Å². The van der Waals surface area contributed by atoms with Crippen molar-refractivity contribution < 1.29 is 4.70 Å². The highest BCUT2D eigenvalue weighted by atomic mass is 15.2. The van der Waals surface area contributed by atoms with Crippen LogP contribution < -0.4 is 0 Å². The Bertz CT molecular complexity index is 1330. The van der Waals surface area contributed by atoms with Crippen molar-refractivity contribution in [3.63, 3.8) is 0 Å². The van der Waals surface area contributed by atoms with Gasteiger partial charge in [-0.05, 0) is 143 Å². The average molecular weight is 667 g/mol. The molecule has 0 aliphatic carbocycles. The largest absolute Gasteiger partial charge is 0.493 e. The van der Waals surface area contributed by atoms with Gasteiger partial charge in [0.15, 0.2) is 0 Å². The Balaban J connectivity index is 2.24. The van der Waals surface area contributed by atoms with Crippen LogP contribution in [0.2, 0.25) is 0 Å². The number of hydrogen-bond acceptors (Lipinski definition) is 0. The lowest BCUT2D eigenvalue weighted by molar-refractivity contribution is -0.345. The molecule has 1 heterocycles. The zero-order valence-corrected chi connectivity index (χ0v) is 33.5. The van der Waals surface area contributed by atoms with Crippen molar-refractivity contribution in [1.82, 2.24) is 0 Å². The fourth-order valence-corrected chi connectivity index (χ4v) is 7.95. The fraction of sp³-hybridized carbons (Fsp3) is 0.660. The van der Waals surface area contributed by atoms with Gasteiger partial charge in [-0.2, -0.15) is 0 Å². The maximum atomic E-state index is 12.5. The van der Waals surface area contributed by atoms with Crippen molar-refractivity contribution >= 4 is 11.4 Å². The molecule has 2 heteroatoms. The van der Waals surface area contributed by atoms with Gasteiger partial charge in [-0.25, -0.2) is 4.70 Å². The lowest BCUT2D eigenvalue weighted by Gasteiger charge is -2.19. The SMILES string of the molecule is CCCCCCC1=C(c2cc(CCCCCC)c(CCCCCC)c(CCCCCC)c2)[N+](=[N-])C(c2cc(C)c(C)c(C)c2)=C1CCCC. The van der Waals surface area contributed by atoms with Gasteiger partial charge in [-0.1, -0.05) is 118 Å². The van der Waals surface area contributed by atoms with Crippen molar-refractivity contribution in [2.75, 3.05) is 0 Å². The highest BCUT2D eigenvalue weighted by Gasteiger charge is 2.36. The van der Waals surface area contributed by atoms with Crippen LogP contribution in [-0.2, 0) is 19.3 Å². The molecule has 1 aliphatic heterocycles. The molecule has 0 N–H and O–H groups in total. The number of unbranched alkanes of at least 4 members (excludes halogenated alkanes) is 13. The Morgan fingerprint density at radius 2 is 0.796 bits per heavy atom. The second-order valence-corrected chi connectivity index (χ2v) is 15.3. The van der Waals surface area contributed by atoms with Crippen LogP contribution in [-0.4, -0.2) is 4.70 Å². The summed E-state index contributed by atoms with van der Waals surface area (Å²) in [4.78, 5) is 0.